The average Bonchev–Trinajstić information content (AvgIpc) is 2.83. The maximum absolute atomic E-state index is 13.5. The molecular formula is C25H18ClFN2O6. The molecule has 4 aromatic rings. The number of halogens is 2. The van der Waals surface area contributed by atoms with E-state index in [9.17, 15) is 18.8 Å². The number of pyridine rings is 1. The molecular weight excluding hydrogens is 479 g/mol. The van der Waals surface area contributed by atoms with Gasteiger partial charge in [0, 0.05) is 28.6 Å². The number of ether oxygens (including phenoxy) is 2. The van der Waals surface area contributed by atoms with Gasteiger partial charge in [0.2, 0.25) is 0 Å². The summed E-state index contributed by atoms with van der Waals surface area (Å²) in [4.78, 5) is 40.4. The van der Waals surface area contributed by atoms with E-state index in [1.807, 2.05) is 0 Å². The van der Waals surface area contributed by atoms with Crippen LogP contribution in [0.5, 0.6) is 5.75 Å². The van der Waals surface area contributed by atoms with Crippen LogP contribution in [-0.4, -0.2) is 30.1 Å². The van der Waals surface area contributed by atoms with Crippen LogP contribution in [0.15, 0.2) is 69.9 Å². The molecule has 1 amide bonds. The molecule has 0 fully saturated rings. The summed E-state index contributed by atoms with van der Waals surface area (Å²) in [6, 6.07) is 14.4. The van der Waals surface area contributed by atoms with Crippen LogP contribution in [0.3, 0.4) is 0 Å². The van der Waals surface area contributed by atoms with Gasteiger partial charge in [-0.25, -0.2) is 19.0 Å². The molecule has 1 N–H and O–H groups in total. The number of benzene rings is 2. The molecule has 1 unspecified atom stereocenters. The Morgan fingerprint density at radius 3 is 2.63 bits per heavy atom. The van der Waals surface area contributed by atoms with Crippen LogP contribution < -0.4 is 15.7 Å². The van der Waals surface area contributed by atoms with E-state index < -0.39 is 29.4 Å². The summed E-state index contributed by atoms with van der Waals surface area (Å²) in [5, 5.41) is 3.26. The zero-order chi connectivity index (χ0) is 25.1. The molecule has 0 aliphatic heterocycles. The minimum atomic E-state index is -0.961. The first-order chi connectivity index (χ1) is 16.7. The van der Waals surface area contributed by atoms with E-state index >= 15 is 0 Å². The molecule has 35 heavy (non-hydrogen) atoms. The number of nitrogens with one attached hydrogen (secondary N) is 1. The van der Waals surface area contributed by atoms with Gasteiger partial charge in [-0.15, -0.1) is 0 Å². The minimum absolute atomic E-state index is 0.0421. The third kappa shape index (κ3) is 5.30. The number of hydrogen-bond acceptors (Lipinski definition) is 7. The molecule has 1 atom stereocenters. The molecule has 0 saturated heterocycles. The van der Waals surface area contributed by atoms with E-state index in [0.717, 1.165) is 6.07 Å². The number of hydrogen-bond donors (Lipinski definition) is 1. The summed E-state index contributed by atoms with van der Waals surface area (Å²) in [6.45, 7) is 1.52. The smallest absolute Gasteiger partial charge is 0.356 e. The van der Waals surface area contributed by atoms with Crippen molar-refractivity contribution in [1.82, 2.24) is 4.98 Å². The topological polar surface area (TPSA) is 108 Å². The van der Waals surface area contributed by atoms with E-state index in [2.05, 4.69) is 15.0 Å². The largest absolute Gasteiger partial charge is 0.481 e. The van der Waals surface area contributed by atoms with Crippen molar-refractivity contribution in [2.45, 2.75) is 13.0 Å². The summed E-state index contributed by atoms with van der Waals surface area (Å²) < 4.78 is 29.1. The van der Waals surface area contributed by atoms with Gasteiger partial charge in [-0.1, -0.05) is 17.7 Å². The normalized spacial score (nSPS) is 11.7. The summed E-state index contributed by atoms with van der Waals surface area (Å²) in [5.74, 6) is -1.24. The lowest BCUT2D eigenvalue weighted by atomic mass is 10.0. The summed E-state index contributed by atoms with van der Waals surface area (Å²) in [5.41, 5.74) is 0.544. The zero-order valence-corrected chi connectivity index (χ0v) is 19.3. The molecule has 0 bridgehead atoms. The number of methoxy groups -OCH3 is 1. The van der Waals surface area contributed by atoms with E-state index in [4.69, 9.17) is 20.8 Å². The van der Waals surface area contributed by atoms with Crippen molar-refractivity contribution in [2.24, 2.45) is 0 Å². The fourth-order valence-electron chi connectivity index (χ4n) is 3.36. The van der Waals surface area contributed by atoms with Gasteiger partial charge in [-0.05, 0) is 49.4 Å². The summed E-state index contributed by atoms with van der Waals surface area (Å²) >= 11 is 6.18. The van der Waals surface area contributed by atoms with Crippen molar-refractivity contribution < 1.29 is 27.9 Å². The van der Waals surface area contributed by atoms with Crippen molar-refractivity contribution in [3.63, 3.8) is 0 Å². The van der Waals surface area contributed by atoms with Gasteiger partial charge >= 0.3 is 11.6 Å². The number of rotatable bonds is 6. The zero-order valence-electron chi connectivity index (χ0n) is 18.5. The van der Waals surface area contributed by atoms with Gasteiger partial charge in [-0.3, -0.25) is 4.79 Å². The van der Waals surface area contributed by atoms with E-state index in [0.29, 0.717) is 16.5 Å². The second-order valence-electron chi connectivity index (χ2n) is 7.41. The maximum atomic E-state index is 13.5. The molecule has 0 aliphatic rings. The average molecular weight is 497 g/mol. The molecule has 0 aliphatic carbocycles. The monoisotopic (exact) mass is 496 g/mol. The molecule has 0 saturated carbocycles. The Bertz CT molecular complexity index is 1500. The fourth-order valence-corrected chi connectivity index (χ4v) is 3.62. The van der Waals surface area contributed by atoms with Crippen LogP contribution in [0.2, 0.25) is 5.02 Å². The molecule has 4 rings (SSSR count). The van der Waals surface area contributed by atoms with Gasteiger partial charge in [0.1, 0.15) is 23.0 Å². The second kappa shape index (κ2) is 9.94. The number of anilines is 1. The van der Waals surface area contributed by atoms with E-state index in [1.165, 1.54) is 50.4 Å². The lowest BCUT2D eigenvalue weighted by molar-refractivity contribution is -0.122. The van der Waals surface area contributed by atoms with Crippen LogP contribution >= 0.6 is 11.6 Å². The van der Waals surface area contributed by atoms with Crippen LogP contribution in [-0.2, 0) is 9.53 Å². The second-order valence-corrected chi connectivity index (χ2v) is 7.82. The maximum Gasteiger partial charge on any atom is 0.356 e. The Balaban J connectivity index is 1.56. The van der Waals surface area contributed by atoms with E-state index in [1.54, 1.807) is 18.2 Å². The Morgan fingerprint density at radius 1 is 1.09 bits per heavy atom. The summed E-state index contributed by atoms with van der Waals surface area (Å²) in [7, 11) is 1.23. The lowest BCUT2D eigenvalue weighted by Crippen LogP contribution is -2.30. The minimum Gasteiger partial charge on any atom is -0.481 e. The van der Waals surface area contributed by atoms with Crippen LogP contribution in [0, 0.1) is 5.82 Å². The third-order valence-electron chi connectivity index (χ3n) is 5.01. The Morgan fingerprint density at radius 2 is 1.89 bits per heavy atom. The quantitative estimate of drug-likeness (QED) is 0.300. The number of carbonyl (C=O) groups is 2. The van der Waals surface area contributed by atoms with Gasteiger partial charge in [0.25, 0.3) is 5.91 Å². The first kappa shape index (κ1) is 23.9. The highest BCUT2D eigenvalue weighted by Crippen LogP contribution is 2.34. The van der Waals surface area contributed by atoms with Crippen molar-refractivity contribution in [3.05, 3.63) is 87.6 Å². The number of nitrogens with zero attached hydrogens (tertiary/aromatic N) is 1. The highest BCUT2D eigenvalue weighted by molar-refractivity contribution is 6.33. The SMILES string of the molecule is COC(=O)c1cccc(NC(=O)C(C)Oc2ccc3c(-c4ccc(F)cc4Cl)cc(=O)oc3c2)n1. The molecule has 2 heterocycles. The summed E-state index contributed by atoms with van der Waals surface area (Å²) in [6.07, 6.45) is -0.961. The third-order valence-corrected chi connectivity index (χ3v) is 5.33. The first-order valence-corrected chi connectivity index (χ1v) is 10.7. The number of aromatic nitrogens is 1. The van der Waals surface area contributed by atoms with Gasteiger partial charge in [0.15, 0.2) is 11.8 Å². The van der Waals surface area contributed by atoms with Crippen LogP contribution in [0.4, 0.5) is 10.2 Å². The molecule has 0 radical (unpaired) electrons. The number of fused-ring (bicyclic) bond motifs is 1. The fraction of sp³-hybridized carbons (Fsp3) is 0.120. The Kier molecular flexibility index (Phi) is 6.79. The number of amides is 1. The Labute approximate surface area is 203 Å². The first-order valence-electron chi connectivity index (χ1n) is 10.3. The highest BCUT2D eigenvalue weighted by atomic mass is 35.5. The molecule has 2 aromatic heterocycles. The van der Waals surface area contributed by atoms with Crippen LogP contribution in [0.1, 0.15) is 17.4 Å². The number of esters is 1. The standard InChI is InChI=1S/C25H18ClFN2O6/c1-13(24(31)29-22-5-3-4-20(28-22)25(32)33-2)34-15-7-9-17-18(12-23(30)35-21(17)11-15)16-8-6-14(27)10-19(16)26/h3-13H,1-2H3,(H,28,29,31). The molecule has 0 spiro atoms. The predicted molar refractivity (Wildman–Crippen MR) is 127 cm³/mol. The van der Waals surface area contributed by atoms with Gasteiger partial charge in [-0.2, -0.15) is 0 Å². The van der Waals surface area contributed by atoms with Gasteiger partial charge < -0.3 is 19.2 Å². The van der Waals surface area contributed by atoms with Crippen molar-refractivity contribution in [3.8, 4) is 16.9 Å². The molecule has 8 nitrogen and oxygen atoms in total. The molecule has 2 aromatic carbocycles. The predicted octanol–water partition coefficient (Wildman–Crippen LogP) is 4.84. The van der Waals surface area contributed by atoms with Crippen molar-refractivity contribution in [1.29, 1.82) is 0 Å². The van der Waals surface area contributed by atoms with E-state index in [-0.39, 0.29) is 27.9 Å². The molecule has 10 heteroatoms. The van der Waals surface area contributed by atoms with Gasteiger partial charge in [0.05, 0.1) is 12.1 Å². The number of carbonyl (C=O) groups excluding carboxylic acids is 2. The Hall–Kier alpha value is -4.24. The lowest BCUT2D eigenvalue weighted by Gasteiger charge is -2.15. The van der Waals surface area contributed by atoms with Crippen molar-refractivity contribution >= 4 is 40.3 Å². The van der Waals surface area contributed by atoms with Crippen LogP contribution in [0.25, 0.3) is 22.1 Å². The highest BCUT2D eigenvalue weighted by Gasteiger charge is 2.18. The van der Waals surface area contributed by atoms with Crippen molar-refractivity contribution in [2.75, 3.05) is 12.4 Å². The molecule has 178 valence electrons.